The predicted octanol–water partition coefficient (Wildman–Crippen LogP) is 4.17. The van der Waals surface area contributed by atoms with Gasteiger partial charge in [0.15, 0.2) is 0 Å². The zero-order chi connectivity index (χ0) is 12.1. The van der Waals surface area contributed by atoms with Crippen LogP contribution in [-0.2, 0) is 4.79 Å². The first kappa shape index (κ1) is 12.7. The molecule has 1 saturated carbocycles. The van der Waals surface area contributed by atoms with Crippen molar-refractivity contribution in [2.45, 2.75) is 37.5 Å². The second-order valence-electron chi connectivity index (χ2n) is 4.99. The van der Waals surface area contributed by atoms with Crippen LogP contribution in [0.2, 0.25) is 0 Å². The van der Waals surface area contributed by atoms with E-state index in [-0.39, 0.29) is 0 Å². The van der Waals surface area contributed by atoms with Crippen LogP contribution in [0, 0.1) is 11.8 Å². The van der Waals surface area contributed by atoms with Gasteiger partial charge in [-0.2, -0.15) is 0 Å². The molecule has 0 aliphatic heterocycles. The number of hydrogen-bond donors (Lipinski definition) is 0. The fourth-order valence-corrected chi connectivity index (χ4v) is 3.43. The molecule has 2 atom stereocenters. The minimum Gasteiger partial charge on any atom is -0.299 e. The molecule has 0 spiro atoms. The summed E-state index contributed by atoms with van der Waals surface area (Å²) in [6.45, 7) is 2.27. The third kappa shape index (κ3) is 3.88. The van der Waals surface area contributed by atoms with Crippen LogP contribution in [0.4, 0.5) is 0 Å². The zero-order valence-corrected chi connectivity index (χ0v) is 11.2. The van der Waals surface area contributed by atoms with Gasteiger partial charge in [-0.3, -0.25) is 4.79 Å². The van der Waals surface area contributed by atoms with Crippen LogP contribution in [0.1, 0.15) is 32.6 Å². The van der Waals surface area contributed by atoms with E-state index in [1.807, 2.05) is 17.8 Å². The van der Waals surface area contributed by atoms with Gasteiger partial charge in [0.05, 0.1) is 0 Å². The summed E-state index contributed by atoms with van der Waals surface area (Å²) >= 11 is 1.87. The molecule has 2 rings (SSSR count). The molecule has 2 heteroatoms. The lowest BCUT2D eigenvalue weighted by molar-refractivity contribution is -0.125. The highest BCUT2D eigenvalue weighted by molar-refractivity contribution is 7.99. The third-order valence-electron chi connectivity index (χ3n) is 3.50. The number of thioether (sulfide) groups is 1. The van der Waals surface area contributed by atoms with Crippen LogP contribution in [0.5, 0.6) is 0 Å². The number of hydrogen-bond acceptors (Lipinski definition) is 2. The predicted molar refractivity (Wildman–Crippen MR) is 73.3 cm³/mol. The quantitative estimate of drug-likeness (QED) is 0.744. The monoisotopic (exact) mass is 248 g/mol. The maximum Gasteiger partial charge on any atom is 0.136 e. The van der Waals surface area contributed by atoms with Crippen molar-refractivity contribution in [2.24, 2.45) is 11.8 Å². The summed E-state index contributed by atoms with van der Waals surface area (Å²) in [6, 6.07) is 10.4. The Balaban J connectivity index is 1.76. The van der Waals surface area contributed by atoms with Crippen LogP contribution in [0.15, 0.2) is 35.2 Å². The van der Waals surface area contributed by atoms with Crippen molar-refractivity contribution in [3.63, 3.8) is 0 Å². The number of ketones is 1. The Morgan fingerprint density at radius 3 is 2.82 bits per heavy atom. The molecule has 2 unspecified atom stereocenters. The van der Waals surface area contributed by atoms with Crippen molar-refractivity contribution in [3.8, 4) is 0 Å². The lowest BCUT2D eigenvalue weighted by Crippen LogP contribution is -2.24. The summed E-state index contributed by atoms with van der Waals surface area (Å²) in [5, 5.41) is 0. The Bertz CT molecular complexity index is 360. The molecule has 17 heavy (non-hydrogen) atoms. The largest absolute Gasteiger partial charge is 0.299 e. The average molecular weight is 248 g/mol. The fourth-order valence-electron chi connectivity index (χ4n) is 2.44. The molecular weight excluding hydrogens is 228 g/mol. The number of carbonyl (C=O) groups is 1. The Labute approximate surface area is 108 Å². The molecule has 1 fully saturated rings. The van der Waals surface area contributed by atoms with Crippen molar-refractivity contribution < 1.29 is 4.79 Å². The van der Waals surface area contributed by atoms with Gasteiger partial charge in [0.25, 0.3) is 0 Å². The fraction of sp³-hybridized carbons (Fsp3) is 0.533. The molecule has 92 valence electrons. The van der Waals surface area contributed by atoms with Crippen molar-refractivity contribution in [3.05, 3.63) is 30.3 Å². The highest BCUT2D eigenvalue weighted by Gasteiger charge is 2.25. The molecule has 1 aromatic carbocycles. The van der Waals surface area contributed by atoms with Gasteiger partial charge in [-0.05, 0) is 43.1 Å². The van der Waals surface area contributed by atoms with E-state index in [1.165, 1.54) is 4.90 Å². The van der Waals surface area contributed by atoms with E-state index in [9.17, 15) is 4.79 Å². The average Bonchev–Trinajstić information content (AvgIpc) is 2.35. The molecular formula is C15H20OS. The summed E-state index contributed by atoms with van der Waals surface area (Å²) in [7, 11) is 0. The van der Waals surface area contributed by atoms with Crippen molar-refractivity contribution in [2.75, 3.05) is 5.75 Å². The van der Waals surface area contributed by atoms with E-state index in [4.69, 9.17) is 0 Å². The molecule has 0 amide bonds. The van der Waals surface area contributed by atoms with Gasteiger partial charge in [-0.1, -0.05) is 25.1 Å². The molecule has 1 nitrogen and oxygen atoms in total. The van der Waals surface area contributed by atoms with E-state index in [0.717, 1.165) is 37.4 Å². The molecule has 1 aromatic rings. The van der Waals surface area contributed by atoms with Crippen molar-refractivity contribution >= 4 is 17.5 Å². The maximum atomic E-state index is 11.8. The topological polar surface area (TPSA) is 17.1 Å². The van der Waals surface area contributed by atoms with Gasteiger partial charge < -0.3 is 0 Å². The molecule has 1 aliphatic rings. The van der Waals surface area contributed by atoms with Gasteiger partial charge in [0, 0.05) is 17.2 Å². The lowest BCUT2D eigenvalue weighted by Gasteiger charge is -2.25. The van der Waals surface area contributed by atoms with E-state index in [1.54, 1.807) is 0 Å². The highest BCUT2D eigenvalue weighted by atomic mass is 32.2. The minimum absolute atomic E-state index is 0.329. The minimum atomic E-state index is 0.329. The number of rotatable bonds is 4. The van der Waals surface area contributed by atoms with E-state index in [0.29, 0.717) is 11.7 Å². The zero-order valence-electron chi connectivity index (χ0n) is 10.4. The first-order chi connectivity index (χ1) is 8.25. The van der Waals surface area contributed by atoms with Crippen LogP contribution in [0.25, 0.3) is 0 Å². The van der Waals surface area contributed by atoms with Crippen molar-refractivity contribution in [1.82, 2.24) is 0 Å². The number of benzene rings is 1. The molecule has 0 aromatic heterocycles. The highest BCUT2D eigenvalue weighted by Crippen LogP contribution is 2.30. The van der Waals surface area contributed by atoms with Crippen molar-refractivity contribution in [1.29, 1.82) is 0 Å². The SMILES string of the molecule is CC1CCC(=O)C(CCSc2ccccc2)C1. The lowest BCUT2D eigenvalue weighted by atomic mass is 9.80. The Morgan fingerprint density at radius 1 is 1.29 bits per heavy atom. The molecule has 1 aliphatic carbocycles. The Hall–Kier alpha value is -0.760. The van der Waals surface area contributed by atoms with Crippen LogP contribution >= 0.6 is 11.8 Å². The summed E-state index contributed by atoms with van der Waals surface area (Å²) < 4.78 is 0. The van der Waals surface area contributed by atoms with Gasteiger partial charge in [0.1, 0.15) is 5.78 Å². The van der Waals surface area contributed by atoms with Gasteiger partial charge in [-0.15, -0.1) is 11.8 Å². The second-order valence-corrected chi connectivity index (χ2v) is 6.16. The Morgan fingerprint density at radius 2 is 2.06 bits per heavy atom. The van der Waals surface area contributed by atoms with E-state index < -0.39 is 0 Å². The summed E-state index contributed by atoms with van der Waals surface area (Å²) in [4.78, 5) is 13.1. The number of carbonyl (C=O) groups excluding carboxylic acids is 1. The molecule has 0 saturated heterocycles. The maximum absolute atomic E-state index is 11.8. The normalized spacial score (nSPS) is 24.9. The van der Waals surface area contributed by atoms with Crippen LogP contribution in [-0.4, -0.2) is 11.5 Å². The molecule has 0 bridgehead atoms. The van der Waals surface area contributed by atoms with E-state index >= 15 is 0 Å². The summed E-state index contributed by atoms with van der Waals surface area (Å²) in [6.07, 6.45) is 4.06. The van der Waals surface area contributed by atoms with Gasteiger partial charge in [0.2, 0.25) is 0 Å². The summed E-state index contributed by atoms with van der Waals surface area (Å²) in [5.74, 6) is 2.62. The van der Waals surface area contributed by atoms with Crippen LogP contribution in [0.3, 0.4) is 0 Å². The first-order valence-electron chi connectivity index (χ1n) is 6.46. The standard InChI is InChI=1S/C15H20OS/c1-12-7-8-15(16)13(11-12)9-10-17-14-5-3-2-4-6-14/h2-6,12-13H,7-11H2,1H3. The van der Waals surface area contributed by atoms with Gasteiger partial charge in [-0.25, -0.2) is 0 Å². The third-order valence-corrected chi connectivity index (χ3v) is 4.55. The molecule has 0 N–H and O–H groups in total. The smallest absolute Gasteiger partial charge is 0.136 e. The van der Waals surface area contributed by atoms with E-state index in [2.05, 4.69) is 31.2 Å². The Kier molecular flexibility index (Phi) is 4.66. The van der Waals surface area contributed by atoms with Gasteiger partial charge >= 0.3 is 0 Å². The number of Topliss-reactive ketones (excluding diaryl/α,β-unsaturated/α-hetero) is 1. The molecule has 0 radical (unpaired) electrons. The second kappa shape index (κ2) is 6.25. The molecule has 0 heterocycles. The van der Waals surface area contributed by atoms with Crippen LogP contribution < -0.4 is 0 Å². The summed E-state index contributed by atoms with van der Waals surface area (Å²) in [5.41, 5.74) is 0. The first-order valence-corrected chi connectivity index (χ1v) is 7.45.